The monoisotopic (exact) mass is 816 g/mol. The smallest absolute Gasteiger partial charge is 0.407 e. The van der Waals surface area contributed by atoms with Crippen LogP contribution in [0.25, 0.3) is 55.9 Å². The van der Waals surface area contributed by atoms with E-state index in [0.29, 0.717) is 71.6 Å². The zero-order chi connectivity index (χ0) is 42.4. The molecule has 0 saturated carbocycles. The van der Waals surface area contributed by atoms with Crippen LogP contribution in [0.3, 0.4) is 0 Å². The van der Waals surface area contributed by atoms with Crippen LogP contribution in [0.1, 0.15) is 77.1 Å². The van der Waals surface area contributed by atoms with Crippen molar-refractivity contribution in [2.75, 3.05) is 27.2 Å². The molecule has 0 unspecified atom stereocenters. The van der Waals surface area contributed by atoms with Crippen LogP contribution in [0, 0.1) is 11.8 Å². The number of ether oxygens (including phenoxy) is 1. The molecule has 312 valence electrons. The second kappa shape index (κ2) is 16.1. The number of carbonyl (C=O) groups is 4. The second-order valence-corrected chi connectivity index (χ2v) is 16.2. The summed E-state index contributed by atoms with van der Waals surface area (Å²) in [7, 11) is 2.71. The number of hydrogen-bond donors (Lipinski definition) is 4. The Labute approximate surface area is 345 Å². The Balaban J connectivity index is 0.999. The van der Waals surface area contributed by atoms with Gasteiger partial charge in [-0.05, 0) is 60.4 Å². The molecule has 2 fully saturated rings. The fourth-order valence-electron chi connectivity index (χ4n) is 8.47. The first kappa shape index (κ1) is 40.1. The predicted octanol–water partition coefficient (Wildman–Crippen LogP) is 5.85. The van der Waals surface area contributed by atoms with Gasteiger partial charge in [0, 0.05) is 31.3 Å². The lowest BCUT2D eigenvalue weighted by Gasteiger charge is -2.33. The molecule has 2 aliphatic heterocycles. The molecule has 4 aromatic heterocycles. The van der Waals surface area contributed by atoms with Crippen molar-refractivity contribution in [1.29, 1.82) is 0 Å². The number of aromatic amines is 2. The lowest BCUT2D eigenvalue weighted by molar-refractivity contribution is -0.138. The Morgan fingerprint density at radius 1 is 0.767 bits per heavy atom. The molecule has 2 aromatic carbocycles. The number of nitrogens with one attached hydrogen (secondary N) is 3. The maximum Gasteiger partial charge on any atom is 0.407 e. The van der Waals surface area contributed by atoms with E-state index >= 15 is 0 Å². The van der Waals surface area contributed by atoms with Crippen LogP contribution in [-0.2, 0) is 14.3 Å². The molecule has 4 amide bonds. The number of carboxylic acid groups (broad SMARTS) is 1. The summed E-state index contributed by atoms with van der Waals surface area (Å²) in [5, 5.41) is 14.3. The number of likely N-dealkylation sites (tertiary alicyclic amines) is 2. The molecular weight excluding hydrogens is 769 g/mol. The van der Waals surface area contributed by atoms with Gasteiger partial charge in [0.1, 0.15) is 23.7 Å². The van der Waals surface area contributed by atoms with Crippen molar-refractivity contribution < 1.29 is 29.0 Å². The van der Waals surface area contributed by atoms with Gasteiger partial charge in [-0.15, -0.1) is 0 Å². The van der Waals surface area contributed by atoms with Crippen molar-refractivity contribution in [2.45, 2.75) is 77.5 Å². The second-order valence-electron chi connectivity index (χ2n) is 16.2. The highest BCUT2D eigenvalue weighted by molar-refractivity contribution is 5.91. The number of carbonyl (C=O) groups excluding carboxylic acids is 3. The van der Waals surface area contributed by atoms with E-state index in [1.165, 1.54) is 14.2 Å². The Hall–Kier alpha value is -6.72. The summed E-state index contributed by atoms with van der Waals surface area (Å²) in [5.41, 5.74) is 4.90. The molecule has 2 saturated heterocycles. The molecule has 6 aromatic rings. The van der Waals surface area contributed by atoms with Crippen molar-refractivity contribution in [2.24, 2.45) is 11.8 Å². The van der Waals surface area contributed by atoms with Gasteiger partial charge in [-0.25, -0.2) is 39.5 Å². The van der Waals surface area contributed by atoms with E-state index in [2.05, 4.69) is 25.3 Å². The van der Waals surface area contributed by atoms with Gasteiger partial charge in [-0.3, -0.25) is 14.5 Å². The molecule has 18 heteroatoms. The number of imidazole rings is 2. The van der Waals surface area contributed by atoms with Crippen LogP contribution < -0.4 is 5.32 Å². The number of aromatic nitrogens is 8. The van der Waals surface area contributed by atoms with Gasteiger partial charge in [-0.2, -0.15) is 0 Å². The number of H-pyrrole nitrogens is 2. The summed E-state index contributed by atoms with van der Waals surface area (Å²) < 4.78 is 4.76. The third-order valence-corrected chi connectivity index (χ3v) is 11.6. The molecule has 60 heavy (non-hydrogen) atoms. The first-order chi connectivity index (χ1) is 28.8. The summed E-state index contributed by atoms with van der Waals surface area (Å²) in [5.74, 6) is 0.401. The van der Waals surface area contributed by atoms with Crippen LogP contribution >= 0.6 is 0 Å². The highest BCUT2D eigenvalue weighted by atomic mass is 16.5. The number of hydrogen-bond acceptors (Lipinski definition) is 11. The first-order valence-electron chi connectivity index (χ1n) is 20.2. The van der Waals surface area contributed by atoms with Crippen molar-refractivity contribution in [3.8, 4) is 22.5 Å². The topological polar surface area (TPSA) is 228 Å². The van der Waals surface area contributed by atoms with E-state index in [1.807, 2.05) is 64.1 Å². The average molecular weight is 817 g/mol. The average Bonchev–Trinajstić information content (AvgIpc) is 4.07. The zero-order valence-corrected chi connectivity index (χ0v) is 34.3. The maximum absolute atomic E-state index is 13.7. The van der Waals surface area contributed by atoms with E-state index in [9.17, 15) is 24.3 Å². The van der Waals surface area contributed by atoms with Gasteiger partial charge < -0.3 is 34.9 Å². The SMILES string of the molecule is COC(=O)N[C@H](C(=O)N1CCC[C@@H]1c1nc2nc(-c3ccc4cc(-c5cnc6[nH]c([C@H]7CCCN7C(=O)[C@H](C(C)C)N(C)C(=O)O)nc6n5)ccc4c3)cnc2[nH]1)C(C)C. The number of methoxy groups -OCH3 is 1. The third-order valence-electron chi connectivity index (χ3n) is 11.6. The molecule has 8 rings (SSSR count). The van der Waals surface area contributed by atoms with Crippen LogP contribution in [0.15, 0.2) is 48.8 Å². The minimum Gasteiger partial charge on any atom is -0.465 e. The van der Waals surface area contributed by atoms with Crippen molar-refractivity contribution in [3.05, 3.63) is 60.4 Å². The van der Waals surface area contributed by atoms with Crippen LogP contribution in [0.4, 0.5) is 9.59 Å². The van der Waals surface area contributed by atoms with Gasteiger partial charge in [0.25, 0.3) is 0 Å². The lowest BCUT2D eigenvalue weighted by Crippen LogP contribution is -2.51. The standard InChI is InChI=1S/C42H48N12O6/c1-21(2)31(47-41(57)60-6)39(55)53-15-7-9-29(53)33-48-35-37(50-33)45-27(19-43-35)25-13-11-24-18-26(14-12-23(24)17-25)28-20-44-36-38(46-28)51-34(49-36)30-10-8-16-54(30)40(56)32(22(3)4)52(5)42(58)59/h11-14,17-22,29-32H,7-10,15-16H2,1-6H3,(H,47,57)(H,58,59)(H,43,45,48,50)(H,44,46,49,51)/t29-,30-,31+,32+/m1/s1. The number of likely N-dealkylation sites (N-methyl/N-ethyl adjacent to an activating group) is 1. The Kier molecular flexibility index (Phi) is 10.8. The van der Waals surface area contributed by atoms with Crippen molar-refractivity contribution >= 4 is 57.4 Å². The van der Waals surface area contributed by atoms with Crippen molar-refractivity contribution in [3.63, 3.8) is 0 Å². The predicted molar refractivity (Wildman–Crippen MR) is 221 cm³/mol. The molecule has 4 N–H and O–H groups in total. The largest absolute Gasteiger partial charge is 0.465 e. The fourth-order valence-corrected chi connectivity index (χ4v) is 8.47. The number of fused-ring (bicyclic) bond motifs is 3. The highest BCUT2D eigenvalue weighted by Gasteiger charge is 2.40. The first-order valence-corrected chi connectivity index (χ1v) is 20.2. The van der Waals surface area contributed by atoms with E-state index in [-0.39, 0.29) is 35.7 Å². The minimum atomic E-state index is -1.15. The Bertz CT molecular complexity index is 2620. The minimum absolute atomic E-state index is 0.141. The quantitative estimate of drug-likeness (QED) is 0.128. The molecule has 2 aliphatic rings. The van der Waals surface area contributed by atoms with Crippen LogP contribution in [0.5, 0.6) is 0 Å². The third kappa shape index (κ3) is 7.52. The number of nitrogens with zero attached hydrogens (tertiary/aromatic N) is 9. The molecule has 6 heterocycles. The zero-order valence-electron chi connectivity index (χ0n) is 34.3. The normalized spacial score (nSPS) is 17.9. The van der Waals surface area contributed by atoms with Crippen LogP contribution in [-0.4, -0.2) is 123 Å². The molecule has 0 aliphatic carbocycles. The maximum atomic E-state index is 13.7. The summed E-state index contributed by atoms with van der Waals surface area (Å²) in [4.78, 5) is 90.7. The molecular formula is C42H48N12O6. The fraction of sp³-hybridized carbons (Fsp3) is 0.429. The van der Waals surface area contributed by atoms with E-state index in [4.69, 9.17) is 24.7 Å². The number of alkyl carbamates (subject to hydrolysis) is 1. The number of rotatable bonds is 10. The van der Waals surface area contributed by atoms with Gasteiger partial charge >= 0.3 is 12.2 Å². The molecule has 4 atom stereocenters. The number of amides is 4. The summed E-state index contributed by atoms with van der Waals surface area (Å²) >= 11 is 0. The van der Waals surface area contributed by atoms with Gasteiger partial charge in [0.15, 0.2) is 22.6 Å². The van der Waals surface area contributed by atoms with E-state index in [1.54, 1.807) is 22.2 Å². The van der Waals surface area contributed by atoms with E-state index in [0.717, 1.165) is 39.6 Å². The summed E-state index contributed by atoms with van der Waals surface area (Å²) in [6.07, 6.45) is 4.57. The van der Waals surface area contributed by atoms with Gasteiger partial charge in [0.2, 0.25) is 11.8 Å². The van der Waals surface area contributed by atoms with E-state index < -0.39 is 24.3 Å². The molecule has 18 nitrogen and oxygen atoms in total. The van der Waals surface area contributed by atoms with Crippen LogP contribution in [0.2, 0.25) is 0 Å². The summed E-state index contributed by atoms with van der Waals surface area (Å²) in [6, 6.07) is 9.88. The molecule has 0 spiro atoms. The highest BCUT2D eigenvalue weighted by Crippen LogP contribution is 2.35. The Morgan fingerprint density at radius 3 is 1.72 bits per heavy atom. The summed E-state index contributed by atoms with van der Waals surface area (Å²) in [6.45, 7) is 8.50. The molecule has 0 bridgehead atoms. The van der Waals surface area contributed by atoms with Gasteiger partial charge in [-0.1, -0.05) is 52.0 Å². The molecule has 0 radical (unpaired) electrons. The lowest BCUT2D eigenvalue weighted by atomic mass is 10.0. The van der Waals surface area contributed by atoms with Gasteiger partial charge in [0.05, 0.1) is 43.0 Å². The number of benzene rings is 2. The Morgan fingerprint density at radius 2 is 1.27 bits per heavy atom. The van der Waals surface area contributed by atoms with Crippen molar-refractivity contribution in [1.82, 2.24) is 59.9 Å².